The van der Waals surface area contributed by atoms with Crippen LogP contribution in [0.25, 0.3) is 10.2 Å². The molecule has 0 radical (unpaired) electrons. The highest BCUT2D eigenvalue weighted by molar-refractivity contribution is 7.18. The number of thiophene rings is 1. The van der Waals surface area contributed by atoms with E-state index in [0.717, 1.165) is 42.7 Å². The Morgan fingerprint density at radius 3 is 2.81 bits per heavy atom. The smallest absolute Gasteiger partial charge is 0.322 e. The molecule has 3 heterocycles. The van der Waals surface area contributed by atoms with Crippen molar-refractivity contribution in [3.63, 3.8) is 0 Å². The van der Waals surface area contributed by atoms with Crippen LogP contribution in [0, 0.1) is 5.92 Å². The zero-order valence-electron chi connectivity index (χ0n) is 17.4. The van der Waals surface area contributed by atoms with Crippen LogP contribution in [0.5, 0.6) is 0 Å². The summed E-state index contributed by atoms with van der Waals surface area (Å²) >= 11 is 1.55. The van der Waals surface area contributed by atoms with Crippen LogP contribution in [-0.4, -0.2) is 38.4 Å². The van der Waals surface area contributed by atoms with Gasteiger partial charge in [-0.05, 0) is 56.4 Å². The van der Waals surface area contributed by atoms with Crippen LogP contribution >= 0.6 is 11.3 Å². The summed E-state index contributed by atoms with van der Waals surface area (Å²) in [4.78, 5) is 59.4. The van der Waals surface area contributed by atoms with Gasteiger partial charge in [-0.3, -0.25) is 19.8 Å². The monoisotopic (exact) mass is 443 g/mol. The Balaban J connectivity index is 1.24. The number of imide groups is 1. The van der Waals surface area contributed by atoms with Gasteiger partial charge in [0.05, 0.1) is 5.39 Å². The van der Waals surface area contributed by atoms with Crippen molar-refractivity contribution in [1.29, 1.82) is 0 Å². The number of nitrogens with zero attached hydrogens (tertiary/aromatic N) is 2. The molecule has 0 unspecified atom stereocenters. The fourth-order valence-electron chi connectivity index (χ4n) is 4.89. The molecule has 0 aromatic carbocycles. The van der Waals surface area contributed by atoms with E-state index in [0.29, 0.717) is 34.8 Å². The molecule has 2 fully saturated rings. The molecular formula is C21H25N5O4S. The molecule has 0 bridgehead atoms. The Bertz CT molecular complexity index is 1140. The number of urea groups is 1. The molecule has 5 rings (SSSR count). The highest BCUT2D eigenvalue weighted by Crippen LogP contribution is 2.36. The number of aromatic nitrogens is 2. The Labute approximate surface area is 182 Å². The van der Waals surface area contributed by atoms with Crippen LogP contribution in [0.15, 0.2) is 4.79 Å². The van der Waals surface area contributed by atoms with Crippen LogP contribution in [-0.2, 0) is 28.9 Å². The molecule has 3 aliphatic rings. The normalized spacial score (nSPS) is 25.3. The van der Waals surface area contributed by atoms with Gasteiger partial charge in [0.2, 0.25) is 5.91 Å². The van der Waals surface area contributed by atoms with Crippen LogP contribution in [0.2, 0.25) is 0 Å². The maximum absolute atomic E-state index is 12.8. The van der Waals surface area contributed by atoms with Crippen molar-refractivity contribution < 1.29 is 14.4 Å². The lowest BCUT2D eigenvalue weighted by Gasteiger charge is -2.33. The highest BCUT2D eigenvalue weighted by Gasteiger charge is 2.52. The quantitative estimate of drug-likeness (QED) is 0.623. The molecule has 3 N–H and O–H groups in total. The summed E-state index contributed by atoms with van der Waals surface area (Å²) in [6, 6.07) is -0.589. The Hall–Kier alpha value is -2.75. The van der Waals surface area contributed by atoms with E-state index in [1.165, 1.54) is 4.88 Å². The van der Waals surface area contributed by atoms with Gasteiger partial charge < -0.3 is 10.3 Å². The number of aryl methyl sites for hydroxylation is 3. The van der Waals surface area contributed by atoms with Gasteiger partial charge in [0.1, 0.15) is 16.2 Å². The van der Waals surface area contributed by atoms with Gasteiger partial charge >= 0.3 is 6.03 Å². The first kappa shape index (κ1) is 20.2. The van der Waals surface area contributed by atoms with Crippen molar-refractivity contribution in [2.24, 2.45) is 5.92 Å². The van der Waals surface area contributed by atoms with E-state index in [-0.39, 0.29) is 24.3 Å². The van der Waals surface area contributed by atoms with E-state index in [9.17, 15) is 19.2 Å². The number of carbonyl (C=O) groups is 3. The SMILES string of the molecule is CC1CCC2(CC1)NC(=O)N(NC(=O)CCc1nc3sc4c(c3c(=O)[nH]1)CCC4)C2=O. The number of rotatable bonds is 4. The molecule has 2 aromatic rings. The lowest BCUT2D eigenvalue weighted by atomic mass is 9.77. The van der Waals surface area contributed by atoms with Crippen molar-refractivity contribution in [3.8, 4) is 0 Å². The molecule has 2 aromatic heterocycles. The van der Waals surface area contributed by atoms with Gasteiger partial charge in [-0.2, -0.15) is 5.01 Å². The summed E-state index contributed by atoms with van der Waals surface area (Å²) in [7, 11) is 0. The third kappa shape index (κ3) is 3.42. The van der Waals surface area contributed by atoms with Gasteiger partial charge in [0, 0.05) is 17.7 Å². The number of carbonyl (C=O) groups excluding carboxylic acids is 3. The number of hydrogen-bond acceptors (Lipinski definition) is 6. The average molecular weight is 444 g/mol. The lowest BCUT2D eigenvalue weighted by Crippen LogP contribution is -2.51. The zero-order valence-corrected chi connectivity index (χ0v) is 18.2. The minimum atomic E-state index is -0.895. The number of hydrogen-bond donors (Lipinski definition) is 3. The van der Waals surface area contributed by atoms with Crippen LogP contribution in [0.1, 0.15) is 61.7 Å². The fraction of sp³-hybridized carbons (Fsp3) is 0.571. The molecule has 31 heavy (non-hydrogen) atoms. The molecule has 10 heteroatoms. The number of hydrazine groups is 1. The molecule has 4 amide bonds. The van der Waals surface area contributed by atoms with E-state index >= 15 is 0 Å². The fourth-order valence-corrected chi connectivity index (χ4v) is 6.17. The number of H-pyrrole nitrogens is 1. The molecule has 1 saturated heterocycles. The second-order valence-corrected chi connectivity index (χ2v) is 10.0. The number of nitrogens with one attached hydrogen (secondary N) is 3. The predicted octanol–water partition coefficient (Wildman–Crippen LogP) is 1.94. The van der Waals surface area contributed by atoms with Crippen LogP contribution in [0.4, 0.5) is 4.79 Å². The summed E-state index contributed by atoms with van der Waals surface area (Å²) in [5.41, 5.74) is 2.48. The third-order valence-corrected chi connectivity index (χ3v) is 7.92. The highest BCUT2D eigenvalue weighted by atomic mass is 32.1. The first-order chi connectivity index (χ1) is 14.9. The molecule has 0 atom stereocenters. The lowest BCUT2D eigenvalue weighted by molar-refractivity contribution is -0.140. The van der Waals surface area contributed by atoms with Gasteiger partial charge in [-0.15, -0.1) is 11.3 Å². The molecule has 2 aliphatic carbocycles. The minimum absolute atomic E-state index is 0.000625. The van der Waals surface area contributed by atoms with E-state index < -0.39 is 17.5 Å². The van der Waals surface area contributed by atoms with Gasteiger partial charge in [0.15, 0.2) is 0 Å². The molecule has 1 saturated carbocycles. The predicted molar refractivity (Wildman–Crippen MR) is 114 cm³/mol. The number of fused-ring (bicyclic) bond motifs is 3. The van der Waals surface area contributed by atoms with Crippen molar-refractivity contribution in [2.75, 3.05) is 0 Å². The largest absolute Gasteiger partial charge is 0.344 e. The average Bonchev–Trinajstić information content (AvgIpc) is 3.38. The minimum Gasteiger partial charge on any atom is -0.322 e. The Kier molecular flexibility index (Phi) is 4.84. The molecule has 9 nitrogen and oxygen atoms in total. The van der Waals surface area contributed by atoms with Gasteiger partial charge in [0.25, 0.3) is 11.5 Å². The first-order valence-electron chi connectivity index (χ1n) is 10.9. The van der Waals surface area contributed by atoms with E-state index in [2.05, 4.69) is 27.6 Å². The first-order valence-corrected chi connectivity index (χ1v) is 11.7. The zero-order chi connectivity index (χ0) is 21.8. The number of amides is 4. The summed E-state index contributed by atoms with van der Waals surface area (Å²) in [5, 5.41) is 4.26. The van der Waals surface area contributed by atoms with E-state index in [1.807, 2.05) is 0 Å². The van der Waals surface area contributed by atoms with Crippen molar-refractivity contribution in [2.45, 2.75) is 70.3 Å². The van der Waals surface area contributed by atoms with E-state index in [4.69, 9.17) is 0 Å². The van der Waals surface area contributed by atoms with Gasteiger partial charge in [-0.25, -0.2) is 9.78 Å². The Morgan fingerprint density at radius 1 is 1.26 bits per heavy atom. The molecule has 1 spiro atoms. The summed E-state index contributed by atoms with van der Waals surface area (Å²) in [6.07, 6.45) is 6.08. The topological polar surface area (TPSA) is 124 Å². The number of aromatic amines is 1. The Morgan fingerprint density at radius 2 is 2.03 bits per heavy atom. The summed E-state index contributed by atoms with van der Waals surface area (Å²) in [6.45, 7) is 2.13. The van der Waals surface area contributed by atoms with Crippen molar-refractivity contribution >= 4 is 39.4 Å². The maximum Gasteiger partial charge on any atom is 0.344 e. The van der Waals surface area contributed by atoms with Crippen LogP contribution < -0.4 is 16.3 Å². The van der Waals surface area contributed by atoms with E-state index in [1.54, 1.807) is 11.3 Å². The van der Waals surface area contributed by atoms with Crippen LogP contribution in [0.3, 0.4) is 0 Å². The maximum atomic E-state index is 12.8. The summed E-state index contributed by atoms with van der Waals surface area (Å²) in [5.74, 6) is 0.0953. The molecule has 164 valence electrons. The molecule has 1 aliphatic heterocycles. The standard InChI is InChI=1S/C21H25N5O4S/c1-11-7-9-21(10-8-11)19(29)26(20(30)24-21)25-15(27)6-5-14-22-17(28)16-12-3-2-4-13(12)31-18(16)23-14/h11H,2-10H2,1H3,(H,24,30)(H,25,27)(H,22,23,28). The van der Waals surface area contributed by atoms with Crippen molar-refractivity contribution in [1.82, 2.24) is 25.7 Å². The third-order valence-electron chi connectivity index (χ3n) is 6.74. The summed E-state index contributed by atoms with van der Waals surface area (Å²) < 4.78 is 0. The second-order valence-electron chi connectivity index (χ2n) is 8.92. The second kappa shape index (κ2) is 7.44. The molecular weight excluding hydrogens is 418 g/mol. The van der Waals surface area contributed by atoms with Gasteiger partial charge in [-0.1, -0.05) is 6.92 Å². The van der Waals surface area contributed by atoms with Crippen molar-refractivity contribution in [3.05, 3.63) is 26.6 Å².